The van der Waals surface area contributed by atoms with Crippen LogP contribution in [0, 0.1) is 5.41 Å². The minimum Gasteiger partial charge on any atom is -0.348 e. The second kappa shape index (κ2) is 7.25. The van der Waals surface area contributed by atoms with Crippen molar-refractivity contribution in [1.82, 2.24) is 15.1 Å². The van der Waals surface area contributed by atoms with Crippen molar-refractivity contribution in [3.05, 3.63) is 0 Å². The van der Waals surface area contributed by atoms with Gasteiger partial charge in [0.25, 0.3) is 0 Å². The maximum atomic E-state index is 11.6. The van der Waals surface area contributed by atoms with Gasteiger partial charge in [-0.1, -0.05) is 20.8 Å². The minimum absolute atomic E-state index is 0.208. The summed E-state index contributed by atoms with van der Waals surface area (Å²) >= 11 is 0. The number of piperidine rings is 1. The van der Waals surface area contributed by atoms with Gasteiger partial charge in [-0.3, -0.25) is 9.69 Å². The molecule has 0 spiro atoms. The van der Waals surface area contributed by atoms with E-state index in [1.165, 1.54) is 6.42 Å². The molecular formula is C15H31N3O. The molecular weight excluding hydrogens is 238 g/mol. The lowest BCUT2D eigenvalue weighted by atomic mass is 9.92. The Balaban J connectivity index is 2.17. The van der Waals surface area contributed by atoms with Crippen LogP contribution < -0.4 is 5.32 Å². The normalized spacial score (nSPS) is 18.6. The van der Waals surface area contributed by atoms with Crippen molar-refractivity contribution < 1.29 is 4.79 Å². The van der Waals surface area contributed by atoms with Crippen molar-refractivity contribution in [2.75, 3.05) is 40.3 Å². The lowest BCUT2D eigenvalue weighted by Crippen LogP contribution is -2.46. The number of hydrogen-bond donors (Lipinski definition) is 1. The highest BCUT2D eigenvalue weighted by molar-refractivity contribution is 5.77. The lowest BCUT2D eigenvalue weighted by molar-refractivity contribution is -0.130. The predicted molar refractivity (Wildman–Crippen MR) is 80.2 cm³/mol. The van der Waals surface area contributed by atoms with Gasteiger partial charge in [-0.25, -0.2) is 0 Å². The summed E-state index contributed by atoms with van der Waals surface area (Å²) in [6.07, 6.45) is 3.53. The summed E-state index contributed by atoms with van der Waals surface area (Å²) in [7, 11) is 3.65. The third kappa shape index (κ3) is 6.92. The Bertz CT molecular complexity index is 276. The fraction of sp³-hybridized carbons (Fsp3) is 0.933. The second-order valence-corrected chi connectivity index (χ2v) is 7.10. The first-order valence-electron chi connectivity index (χ1n) is 7.44. The fourth-order valence-electron chi connectivity index (χ4n) is 2.28. The van der Waals surface area contributed by atoms with Gasteiger partial charge in [-0.05, 0) is 31.2 Å². The molecule has 1 rings (SSSR count). The molecule has 0 aromatic carbocycles. The molecule has 0 bridgehead atoms. The van der Waals surface area contributed by atoms with E-state index in [4.69, 9.17) is 0 Å². The summed E-state index contributed by atoms with van der Waals surface area (Å²) in [5, 5.41) is 3.65. The third-order valence-corrected chi connectivity index (χ3v) is 3.75. The first kappa shape index (κ1) is 16.4. The highest BCUT2D eigenvalue weighted by atomic mass is 16.2. The number of hydrogen-bond acceptors (Lipinski definition) is 3. The van der Waals surface area contributed by atoms with E-state index in [1.54, 1.807) is 4.90 Å². The van der Waals surface area contributed by atoms with E-state index in [2.05, 4.69) is 31.0 Å². The summed E-state index contributed by atoms with van der Waals surface area (Å²) in [4.78, 5) is 15.6. The summed E-state index contributed by atoms with van der Waals surface area (Å²) in [6, 6.07) is 0.632. The van der Waals surface area contributed by atoms with Crippen LogP contribution in [0.1, 0.15) is 40.0 Å². The van der Waals surface area contributed by atoms with Gasteiger partial charge in [0.1, 0.15) is 0 Å². The fourth-order valence-corrected chi connectivity index (χ4v) is 2.28. The zero-order chi connectivity index (χ0) is 14.5. The molecule has 4 nitrogen and oxygen atoms in total. The maximum Gasteiger partial charge on any atom is 0.236 e. The number of carbonyl (C=O) groups is 1. The zero-order valence-corrected chi connectivity index (χ0v) is 13.3. The van der Waals surface area contributed by atoms with Crippen molar-refractivity contribution in [1.29, 1.82) is 0 Å². The van der Waals surface area contributed by atoms with Gasteiger partial charge in [0.2, 0.25) is 5.91 Å². The van der Waals surface area contributed by atoms with Crippen LogP contribution in [0.3, 0.4) is 0 Å². The van der Waals surface area contributed by atoms with Crippen LogP contribution in [0.5, 0.6) is 0 Å². The number of amides is 1. The Morgan fingerprint density at radius 2 is 1.84 bits per heavy atom. The Morgan fingerprint density at radius 1 is 1.26 bits per heavy atom. The van der Waals surface area contributed by atoms with Crippen molar-refractivity contribution >= 4 is 5.91 Å². The van der Waals surface area contributed by atoms with Gasteiger partial charge >= 0.3 is 0 Å². The summed E-state index contributed by atoms with van der Waals surface area (Å²) in [6.45, 7) is 10.6. The molecule has 0 unspecified atom stereocenters. The number of rotatable bonds is 5. The first-order chi connectivity index (χ1) is 8.78. The predicted octanol–water partition coefficient (Wildman–Crippen LogP) is 1.56. The summed E-state index contributed by atoms with van der Waals surface area (Å²) in [5.41, 5.74) is 0.409. The molecule has 1 N–H and O–H groups in total. The molecule has 19 heavy (non-hydrogen) atoms. The second-order valence-electron chi connectivity index (χ2n) is 7.10. The van der Waals surface area contributed by atoms with Crippen molar-refractivity contribution in [2.45, 2.75) is 46.1 Å². The summed E-state index contributed by atoms with van der Waals surface area (Å²) < 4.78 is 0. The molecule has 0 aromatic rings. The number of likely N-dealkylation sites (N-methyl/N-ethyl adjacent to an activating group) is 1. The highest BCUT2D eigenvalue weighted by Crippen LogP contribution is 2.18. The SMILES string of the molecule is CN(C)C(=O)CN1CCC(NCCC(C)(C)C)CC1. The largest absolute Gasteiger partial charge is 0.348 e. The molecule has 4 heteroatoms. The molecule has 112 valence electrons. The van der Waals surface area contributed by atoms with E-state index in [1.807, 2.05) is 14.1 Å². The molecule has 0 atom stereocenters. The summed E-state index contributed by atoms with van der Waals surface area (Å²) in [5.74, 6) is 0.208. The number of carbonyl (C=O) groups excluding carboxylic acids is 1. The van der Waals surface area contributed by atoms with Crippen molar-refractivity contribution in [3.63, 3.8) is 0 Å². The molecule has 1 heterocycles. The molecule has 0 radical (unpaired) electrons. The Hall–Kier alpha value is -0.610. The molecule has 0 aliphatic carbocycles. The van der Waals surface area contributed by atoms with Gasteiger partial charge in [-0.15, -0.1) is 0 Å². The van der Waals surface area contributed by atoms with Gasteiger partial charge in [0.15, 0.2) is 0 Å². The van der Waals surface area contributed by atoms with Gasteiger partial charge in [-0.2, -0.15) is 0 Å². The van der Waals surface area contributed by atoms with Crippen LogP contribution in [0.15, 0.2) is 0 Å². The Labute approximate surface area is 118 Å². The van der Waals surface area contributed by atoms with Crippen LogP contribution in [-0.4, -0.2) is 62.0 Å². The van der Waals surface area contributed by atoms with Gasteiger partial charge in [0, 0.05) is 33.2 Å². The number of likely N-dealkylation sites (tertiary alicyclic amines) is 1. The minimum atomic E-state index is 0.208. The van der Waals surface area contributed by atoms with Crippen LogP contribution in [0.25, 0.3) is 0 Å². The third-order valence-electron chi connectivity index (χ3n) is 3.75. The van der Waals surface area contributed by atoms with E-state index < -0.39 is 0 Å². The van der Waals surface area contributed by atoms with Crippen molar-refractivity contribution in [2.24, 2.45) is 5.41 Å². The standard InChI is InChI=1S/C15H31N3O/c1-15(2,3)8-9-16-13-6-10-18(11-7-13)12-14(19)17(4)5/h13,16H,6-12H2,1-5H3. The van der Waals surface area contributed by atoms with Gasteiger partial charge < -0.3 is 10.2 Å². The Kier molecular flexibility index (Phi) is 6.27. The maximum absolute atomic E-state index is 11.6. The smallest absolute Gasteiger partial charge is 0.236 e. The molecule has 0 aromatic heterocycles. The molecule has 0 saturated carbocycles. The number of nitrogens with one attached hydrogen (secondary N) is 1. The zero-order valence-electron chi connectivity index (χ0n) is 13.3. The van der Waals surface area contributed by atoms with Crippen LogP contribution in [0.4, 0.5) is 0 Å². The van der Waals surface area contributed by atoms with Crippen LogP contribution in [-0.2, 0) is 4.79 Å². The molecule has 1 amide bonds. The van der Waals surface area contributed by atoms with E-state index in [9.17, 15) is 4.79 Å². The molecule has 1 aliphatic heterocycles. The highest BCUT2D eigenvalue weighted by Gasteiger charge is 2.21. The van der Waals surface area contributed by atoms with E-state index in [-0.39, 0.29) is 5.91 Å². The van der Waals surface area contributed by atoms with E-state index in [0.717, 1.165) is 32.5 Å². The van der Waals surface area contributed by atoms with Crippen LogP contribution >= 0.6 is 0 Å². The topological polar surface area (TPSA) is 35.6 Å². The average molecular weight is 269 g/mol. The van der Waals surface area contributed by atoms with Gasteiger partial charge in [0.05, 0.1) is 6.54 Å². The molecule has 1 aliphatic rings. The van der Waals surface area contributed by atoms with Crippen LogP contribution in [0.2, 0.25) is 0 Å². The first-order valence-corrected chi connectivity index (χ1v) is 7.44. The van der Waals surface area contributed by atoms with Crippen molar-refractivity contribution in [3.8, 4) is 0 Å². The monoisotopic (exact) mass is 269 g/mol. The molecule has 1 saturated heterocycles. The van der Waals surface area contributed by atoms with E-state index in [0.29, 0.717) is 18.0 Å². The Morgan fingerprint density at radius 3 is 2.32 bits per heavy atom. The average Bonchev–Trinajstić information content (AvgIpc) is 2.29. The number of nitrogens with zero attached hydrogens (tertiary/aromatic N) is 2. The van der Waals surface area contributed by atoms with E-state index >= 15 is 0 Å². The lowest BCUT2D eigenvalue weighted by Gasteiger charge is -2.33. The quantitative estimate of drug-likeness (QED) is 0.823. The molecule has 1 fully saturated rings.